The van der Waals surface area contributed by atoms with Crippen molar-refractivity contribution in [1.82, 2.24) is 14.6 Å². The molecule has 42 heavy (non-hydrogen) atoms. The zero-order valence-corrected chi connectivity index (χ0v) is 24.9. The number of sulfonamides is 1. The summed E-state index contributed by atoms with van der Waals surface area (Å²) in [5.74, 6) is 0.185. The zero-order chi connectivity index (χ0) is 29.8. The van der Waals surface area contributed by atoms with E-state index < -0.39 is 31.6 Å². The lowest BCUT2D eigenvalue weighted by molar-refractivity contribution is -0.0312. The van der Waals surface area contributed by atoms with Crippen molar-refractivity contribution in [3.8, 4) is 5.75 Å². The molecule has 228 valence electrons. The fourth-order valence-corrected chi connectivity index (χ4v) is 8.31. The highest BCUT2D eigenvalue weighted by Gasteiger charge is 2.44. The Balaban J connectivity index is 1.08. The highest BCUT2D eigenvalue weighted by molar-refractivity contribution is 7.91. The molecule has 0 saturated carbocycles. The number of rotatable bonds is 12. The van der Waals surface area contributed by atoms with Gasteiger partial charge in [0.1, 0.15) is 18.5 Å². The van der Waals surface area contributed by atoms with Crippen LogP contribution in [-0.4, -0.2) is 99.3 Å². The Morgan fingerprint density at radius 3 is 2.67 bits per heavy atom. The van der Waals surface area contributed by atoms with Gasteiger partial charge in [0.15, 0.2) is 9.84 Å². The first-order valence-corrected chi connectivity index (χ1v) is 17.2. The monoisotopic (exact) mass is 619 g/mol. The molecule has 3 aromatic rings. The molecule has 3 N–H and O–H groups in total. The Labute approximate surface area is 246 Å². The molecular formula is C29H37N3O8S2. The summed E-state index contributed by atoms with van der Waals surface area (Å²) in [5.41, 5.74) is 0.346. The minimum Gasteiger partial charge on any atom is -0.491 e. The second-order valence-electron chi connectivity index (χ2n) is 10.9. The third kappa shape index (κ3) is 7.10. The number of aromatic nitrogens is 1. The van der Waals surface area contributed by atoms with Gasteiger partial charge in [-0.1, -0.05) is 12.1 Å². The molecule has 11 nitrogen and oxygen atoms in total. The average Bonchev–Trinajstić information content (AvgIpc) is 3.40. The van der Waals surface area contributed by atoms with E-state index in [1.165, 1.54) is 16.4 Å². The van der Waals surface area contributed by atoms with Crippen molar-refractivity contribution in [2.45, 2.75) is 53.2 Å². The number of ether oxygens (including phenoxy) is 2. The number of nitrogens with one attached hydrogen (secondary N) is 1. The molecule has 0 radical (unpaired) electrons. The number of piperidine rings is 1. The summed E-state index contributed by atoms with van der Waals surface area (Å²) in [6.45, 7) is 1.23. The summed E-state index contributed by atoms with van der Waals surface area (Å²) >= 11 is 0. The number of aliphatic hydroxyl groups excluding tert-OH is 2. The molecule has 1 spiro atoms. The van der Waals surface area contributed by atoms with Crippen LogP contribution in [0.15, 0.2) is 70.6 Å². The molecule has 1 aromatic heterocycles. The molecule has 5 rings (SSSR count). The van der Waals surface area contributed by atoms with Gasteiger partial charge in [-0.15, -0.1) is 0 Å². The smallest absolute Gasteiger partial charge is 0.243 e. The first-order valence-electron chi connectivity index (χ1n) is 14.1. The van der Waals surface area contributed by atoms with Gasteiger partial charge >= 0.3 is 0 Å². The van der Waals surface area contributed by atoms with Crippen LogP contribution in [0.3, 0.4) is 0 Å². The predicted molar refractivity (Wildman–Crippen MR) is 157 cm³/mol. The molecule has 13 heteroatoms. The molecule has 2 fully saturated rings. The van der Waals surface area contributed by atoms with E-state index in [1.807, 2.05) is 6.07 Å². The Hall–Kier alpha value is -2.65. The molecule has 2 aliphatic heterocycles. The van der Waals surface area contributed by atoms with E-state index in [0.29, 0.717) is 44.7 Å². The molecule has 2 saturated heterocycles. The number of sulfone groups is 1. The number of hydrogen-bond donors (Lipinski definition) is 3. The van der Waals surface area contributed by atoms with Crippen molar-refractivity contribution < 1.29 is 36.5 Å². The molecule has 2 aromatic carbocycles. The second-order valence-corrected chi connectivity index (χ2v) is 14.9. The van der Waals surface area contributed by atoms with E-state index in [1.54, 1.807) is 42.6 Å². The van der Waals surface area contributed by atoms with Crippen LogP contribution in [0.2, 0.25) is 0 Å². The van der Waals surface area contributed by atoms with Crippen LogP contribution in [0.1, 0.15) is 25.7 Å². The maximum atomic E-state index is 13.3. The molecule has 2 aliphatic rings. The van der Waals surface area contributed by atoms with E-state index >= 15 is 0 Å². The molecule has 2 atom stereocenters. The van der Waals surface area contributed by atoms with Crippen LogP contribution in [0.5, 0.6) is 5.75 Å². The highest BCUT2D eigenvalue weighted by atomic mass is 32.2. The maximum absolute atomic E-state index is 13.3. The minimum atomic E-state index is -3.64. The van der Waals surface area contributed by atoms with E-state index in [4.69, 9.17) is 14.6 Å². The van der Waals surface area contributed by atoms with Gasteiger partial charge in [-0.25, -0.2) is 16.8 Å². The van der Waals surface area contributed by atoms with Crippen LogP contribution in [-0.2, 0) is 24.6 Å². The van der Waals surface area contributed by atoms with Gasteiger partial charge in [0, 0.05) is 43.9 Å². The fraction of sp³-hybridized carbons (Fsp3) is 0.483. The van der Waals surface area contributed by atoms with Crippen molar-refractivity contribution >= 4 is 30.8 Å². The molecule has 2 unspecified atom stereocenters. The van der Waals surface area contributed by atoms with Gasteiger partial charge in [-0.3, -0.25) is 4.98 Å². The van der Waals surface area contributed by atoms with Gasteiger partial charge < -0.3 is 25.0 Å². The normalized spacial score (nSPS) is 20.2. The fourth-order valence-electron chi connectivity index (χ4n) is 5.51. The average molecular weight is 620 g/mol. The number of pyridine rings is 1. The lowest BCUT2D eigenvalue weighted by Crippen LogP contribution is -2.47. The molecule has 0 bridgehead atoms. The van der Waals surface area contributed by atoms with Gasteiger partial charge in [0.05, 0.1) is 33.3 Å². The Kier molecular flexibility index (Phi) is 9.47. The highest BCUT2D eigenvalue weighted by Crippen LogP contribution is 2.37. The zero-order valence-electron chi connectivity index (χ0n) is 23.3. The minimum absolute atomic E-state index is 0.00999. The van der Waals surface area contributed by atoms with Crippen LogP contribution in [0, 0.1) is 0 Å². The Morgan fingerprint density at radius 2 is 1.88 bits per heavy atom. The number of hydrogen-bond acceptors (Lipinski definition) is 10. The van der Waals surface area contributed by atoms with Gasteiger partial charge in [0.25, 0.3) is 0 Å². The summed E-state index contributed by atoms with van der Waals surface area (Å²) in [6, 6.07) is 14.8. The van der Waals surface area contributed by atoms with Gasteiger partial charge in [-0.2, -0.15) is 4.31 Å². The number of nitrogens with zero attached hydrogens (tertiary/aromatic N) is 2. The van der Waals surface area contributed by atoms with E-state index in [-0.39, 0.29) is 47.8 Å². The van der Waals surface area contributed by atoms with E-state index in [9.17, 15) is 21.9 Å². The number of aliphatic hydroxyl groups is 2. The summed E-state index contributed by atoms with van der Waals surface area (Å²) in [7, 11) is -7.16. The van der Waals surface area contributed by atoms with Crippen molar-refractivity contribution in [2.75, 3.05) is 45.2 Å². The van der Waals surface area contributed by atoms with Crippen LogP contribution >= 0.6 is 0 Å². The molecule has 3 heterocycles. The molecular weight excluding hydrogens is 582 g/mol. The topological polar surface area (TPSA) is 155 Å². The third-order valence-electron chi connectivity index (χ3n) is 7.88. The molecule has 0 aliphatic carbocycles. The van der Waals surface area contributed by atoms with Crippen molar-refractivity contribution in [3.63, 3.8) is 0 Å². The summed E-state index contributed by atoms with van der Waals surface area (Å²) in [4.78, 5) is 4.64. The second kappa shape index (κ2) is 12.9. The van der Waals surface area contributed by atoms with E-state index in [0.717, 1.165) is 10.9 Å². The van der Waals surface area contributed by atoms with Crippen LogP contribution in [0.4, 0.5) is 0 Å². The summed E-state index contributed by atoms with van der Waals surface area (Å²) in [6.07, 6.45) is 2.89. The summed E-state index contributed by atoms with van der Waals surface area (Å²) in [5, 5.41) is 23.5. The first-order chi connectivity index (χ1) is 20.1. The largest absolute Gasteiger partial charge is 0.491 e. The van der Waals surface area contributed by atoms with Crippen LogP contribution in [0.25, 0.3) is 10.9 Å². The summed E-state index contributed by atoms with van der Waals surface area (Å²) < 4.78 is 64.7. The van der Waals surface area contributed by atoms with Gasteiger partial charge in [-0.05, 0) is 68.1 Å². The Bertz CT molecular complexity index is 1590. The lowest BCUT2D eigenvalue weighted by Gasteiger charge is -2.38. The number of benzene rings is 2. The van der Waals surface area contributed by atoms with Crippen molar-refractivity contribution in [3.05, 3.63) is 60.8 Å². The van der Waals surface area contributed by atoms with Crippen molar-refractivity contribution in [1.29, 1.82) is 0 Å². The predicted octanol–water partition coefficient (Wildman–Crippen LogP) is 1.73. The van der Waals surface area contributed by atoms with Gasteiger partial charge in [0.2, 0.25) is 10.0 Å². The molecule has 0 amide bonds. The maximum Gasteiger partial charge on any atom is 0.243 e. The quantitative estimate of drug-likeness (QED) is 0.273. The van der Waals surface area contributed by atoms with Crippen molar-refractivity contribution in [2.24, 2.45) is 0 Å². The van der Waals surface area contributed by atoms with E-state index in [2.05, 4.69) is 10.3 Å². The standard InChI is InChI=1S/C29H37N3O8S2/c33-14-3-15-41(35,36)26-6-1-5-25(17-26)39-21-24(34)19-31-23-18-29(40-20-23)9-12-32(13-10-29)42(37,38)27-7-8-28-22(16-27)4-2-11-30-28/h1-2,4-8,11,16-17,23-24,31,33-34H,3,9-10,12-15,18-21H2. The lowest BCUT2D eigenvalue weighted by atomic mass is 9.88. The third-order valence-corrected chi connectivity index (χ3v) is 11.6. The SMILES string of the molecule is O=S(=O)(CCCO)c1cccc(OCC(O)CNC2COC3(CCN(S(=O)(=O)c4ccc5ncccc5c4)CC3)C2)c1. The number of fused-ring (bicyclic) bond motifs is 1. The van der Waals surface area contributed by atoms with Crippen LogP contribution < -0.4 is 10.1 Å². The first kappa shape index (κ1) is 30.8. The Morgan fingerprint density at radius 1 is 1.07 bits per heavy atom.